The molecule has 2 aliphatic rings. The first kappa shape index (κ1) is 13.1. The van der Waals surface area contributed by atoms with Crippen molar-refractivity contribution in [2.75, 3.05) is 5.75 Å². The second kappa shape index (κ2) is 4.60. The van der Waals surface area contributed by atoms with Crippen LogP contribution in [0.2, 0.25) is 0 Å². The number of fused-ring (bicyclic) bond motifs is 1. The van der Waals surface area contributed by atoms with Crippen molar-refractivity contribution < 1.29 is 13.5 Å². The maximum Gasteiger partial charge on any atom is 0.179 e. The monoisotopic (exact) mass is 280 g/mol. The van der Waals surface area contributed by atoms with Crippen molar-refractivity contribution in [2.24, 2.45) is 11.8 Å². The quantitative estimate of drug-likeness (QED) is 0.859. The van der Waals surface area contributed by atoms with E-state index in [0.717, 1.165) is 24.8 Å². The van der Waals surface area contributed by atoms with Gasteiger partial charge in [-0.15, -0.1) is 0 Å². The van der Waals surface area contributed by atoms with Gasteiger partial charge in [-0.25, -0.2) is 8.42 Å². The number of rotatable bonds is 1. The molecule has 0 aromatic heterocycles. The molecule has 1 saturated carbocycles. The summed E-state index contributed by atoms with van der Waals surface area (Å²) in [6.45, 7) is 2.19. The Balaban J connectivity index is 1.99. The van der Waals surface area contributed by atoms with E-state index in [1.807, 2.05) is 12.1 Å². The van der Waals surface area contributed by atoms with Gasteiger partial charge < -0.3 is 5.11 Å². The van der Waals surface area contributed by atoms with Gasteiger partial charge in [-0.05, 0) is 42.7 Å². The van der Waals surface area contributed by atoms with Crippen molar-refractivity contribution in [3.8, 4) is 0 Å². The van der Waals surface area contributed by atoms with Crippen LogP contribution in [0.1, 0.15) is 37.7 Å². The van der Waals surface area contributed by atoms with Crippen LogP contribution in [0.25, 0.3) is 0 Å². The van der Waals surface area contributed by atoms with Crippen LogP contribution in [-0.4, -0.2) is 25.4 Å². The molecule has 1 aliphatic carbocycles. The number of hydrogen-bond donors (Lipinski definition) is 1. The molecule has 1 fully saturated rings. The lowest BCUT2D eigenvalue weighted by Crippen LogP contribution is -2.33. The lowest BCUT2D eigenvalue weighted by atomic mass is 9.72. The van der Waals surface area contributed by atoms with Crippen molar-refractivity contribution >= 4 is 9.84 Å². The van der Waals surface area contributed by atoms with E-state index in [9.17, 15) is 13.5 Å². The zero-order valence-electron chi connectivity index (χ0n) is 11.1. The van der Waals surface area contributed by atoms with Crippen LogP contribution < -0.4 is 0 Å². The molecule has 104 valence electrons. The summed E-state index contributed by atoms with van der Waals surface area (Å²) in [6, 6.07) is 7.28. The first-order valence-electron chi connectivity index (χ1n) is 6.99. The molecule has 0 saturated heterocycles. The van der Waals surface area contributed by atoms with Gasteiger partial charge in [0.25, 0.3) is 0 Å². The summed E-state index contributed by atoms with van der Waals surface area (Å²) in [5.41, 5.74) is 0.917. The van der Waals surface area contributed by atoms with E-state index in [1.165, 1.54) is 0 Å². The summed E-state index contributed by atoms with van der Waals surface area (Å²) >= 11 is 0. The molecule has 0 bridgehead atoms. The van der Waals surface area contributed by atoms with Crippen molar-refractivity contribution in [2.45, 2.75) is 43.1 Å². The predicted octanol–water partition coefficient (Wildman–Crippen LogP) is 2.35. The number of aliphatic hydroxyl groups is 1. The van der Waals surface area contributed by atoms with Crippen LogP contribution in [0.5, 0.6) is 0 Å². The highest BCUT2D eigenvalue weighted by molar-refractivity contribution is 7.91. The summed E-state index contributed by atoms with van der Waals surface area (Å²) in [5.74, 6) is 0.797. The molecule has 4 unspecified atom stereocenters. The van der Waals surface area contributed by atoms with Crippen molar-refractivity contribution in [3.05, 3.63) is 29.8 Å². The lowest BCUT2D eigenvalue weighted by Gasteiger charge is -2.35. The second-order valence-corrected chi connectivity index (χ2v) is 8.08. The van der Waals surface area contributed by atoms with E-state index in [-0.39, 0.29) is 23.7 Å². The Hall–Kier alpha value is -0.870. The minimum atomic E-state index is -3.16. The fourth-order valence-corrected chi connectivity index (χ4v) is 5.63. The van der Waals surface area contributed by atoms with Gasteiger partial charge in [0.05, 0.1) is 16.8 Å². The fraction of sp³-hybridized carbons (Fsp3) is 0.600. The number of sulfone groups is 1. The highest BCUT2D eigenvalue weighted by Gasteiger charge is 2.42. The molecule has 1 N–H and O–H groups in total. The predicted molar refractivity (Wildman–Crippen MR) is 73.7 cm³/mol. The average Bonchev–Trinajstić information content (AvgIpc) is 2.65. The van der Waals surface area contributed by atoms with Crippen LogP contribution >= 0.6 is 0 Å². The van der Waals surface area contributed by atoms with Crippen LogP contribution in [-0.2, 0) is 9.84 Å². The summed E-state index contributed by atoms with van der Waals surface area (Å²) in [5, 5.41) is 10.2. The summed E-state index contributed by atoms with van der Waals surface area (Å²) in [7, 11) is -3.16. The molecule has 0 radical (unpaired) electrons. The van der Waals surface area contributed by atoms with Gasteiger partial charge in [-0.3, -0.25) is 0 Å². The zero-order chi connectivity index (χ0) is 13.6. The topological polar surface area (TPSA) is 54.4 Å². The van der Waals surface area contributed by atoms with E-state index in [2.05, 4.69) is 6.92 Å². The standard InChI is InChI=1S/C15H20O3S/c1-10-6-7-14(16)12(8-10)13-9-19(17,18)15-5-3-2-4-11(13)15/h2-5,10,12-14,16H,6-9H2,1H3. The van der Waals surface area contributed by atoms with Gasteiger partial charge in [0.1, 0.15) is 0 Å². The summed E-state index contributed by atoms with van der Waals surface area (Å²) < 4.78 is 24.4. The largest absolute Gasteiger partial charge is 0.393 e. The molecule has 1 aromatic rings. The third kappa shape index (κ3) is 2.21. The second-order valence-electron chi connectivity index (χ2n) is 6.08. The zero-order valence-corrected chi connectivity index (χ0v) is 11.9. The van der Waals surface area contributed by atoms with E-state index in [1.54, 1.807) is 12.1 Å². The maximum absolute atomic E-state index is 12.2. The molecular weight excluding hydrogens is 260 g/mol. The highest BCUT2D eigenvalue weighted by atomic mass is 32.2. The number of benzene rings is 1. The maximum atomic E-state index is 12.2. The molecular formula is C15H20O3S. The Morgan fingerprint density at radius 2 is 1.95 bits per heavy atom. The van der Waals surface area contributed by atoms with E-state index in [0.29, 0.717) is 10.8 Å². The minimum absolute atomic E-state index is 0.0288. The van der Waals surface area contributed by atoms with Crippen molar-refractivity contribution in [1.82, 2.24) is 0 Å². The smallest absolute Gasteiger partial charge is 0.179 e. The van der Waals surface area contributed by atoms with Crippen LogP contribution in [0, 0.1) is 11.8 Å². The Bertz CT molecular complexity index is 579. The van der Waals surface area contributed by atoms with Gasteiger partial charge in [0.2, 0.25) is 0 Å². The molecule has 0 amide bonds. The minimum Gasteiger partial charge on any atom is -0.393 e. The molecule has 3 nitrogen and oxygen atoms in total. The van der Waals surface area contributed by atoms with Crippen molar-refractivity contribution in [3.63, 3.8) is 0 Å². The third-order valence-corrected chi connectivity index (χ3v) is 6.53. The molecule has 0 spiro atoms. The van der Waals surface area contributed by atoms with Crippen LogP contribution in [0.4, 0.5) is 0 Å². The first-order valence-corrected chi connectivity index (χ1v) is 8.64. The molecule has 1 heterocycles. The van der Waals surface area contributed by atoms with Crippen molar-refractivity contribution in [1.29, 1.82) is 0 Å². The van der Waals surface area contributed by atoms with Crippen LogP contribution in [0.3, 0.4) is 0 Å². The first-order chi connectivity index (χ1) is 8.99. The Labute approximate surface area is 114 Å². The van der Waals surface area contributed by atoms with Gasteiger partial charge in [0, 0.05) is 5.92 Å². The number of aliphatic hydroxyl groups excluding tert-OH is 1. The Morgan fingerprint density at radius 1 is 1.21 bits per heavy atom. The fourth-order valence-electron chi connectivity index (χ4n) is 3.68. The Morgan fingerprint density at radius 3 is 2.74 bits per heavy atom. The molecule has 3 rings (SSSR count). The lowest BCUT2D eigenvalue weighted by molar-refractivity contribution is 0.0410. The van der Waals surface area contributed by atoms with E-state index in [4.69, 9.17) is 0 Å². The summed E-state index contributed by atoms with van der Waals surface area (Å²) in [4.78, 5) is 0.477. The van der Waals surface area contributed by atoms with Gasteiger partial charge in [-0.1, -0.05) is 25.1 Å². The molecule has 19 heavy (non-hydrogen) atoms. The highest BCUT2D eigenvalue weighted by Crippen LogP contribution is 2.45. The molecule has 1 aromatic carbocycles. The molecule has 4 atom stereocenters. The van der Waals surface area contributed by atoms with Gasteiger partial charge >= 0.3 is 0 Å². The third-order valence-electron chi connectivity index (χ3n) is 4.69. The average molecular weight is 280 g/mol. The SMILES string of the molecule is CC1CCC(O)C(C2CS(=O)(=O)c3ccccc32)C1. The Kier molecular flexibility index (Phi) is 3.18. The van der Waals surface area contributed by atoms with E-state index < -0.39 is 9.84 Å². The summed E-state index contributed by atoms with van der Waals surface area (Å²) in [6.07, 6.45) is 2.40. The molecule has 1 aliphatic heterocycles. The normalized spacial score (nSPS) is 36.9. The van der Waals surface area contributed by atoms with E-state index >= 15 is 0 Å². The molecule has 4 heteroatoms. The van der Waals surface area contributed by atoms with Gasteiger partial charge in [-0.2, -0.15) is 0 Å². The number of hydrogen-bond acceptors (Lipinski definition) is 3. The van der Waals surface area contributed by atoms with Crippen LogP contribution in [0.15, 0.2) is 29.2 Å². The van der Waals surface area contributed by atoms with Gasteiger partial charge in [0.15, 0.2) is 9.84 Å².